The van der Waals surface area contributed by atoms with Crippen LogP contribution < -0.4 is 5.32 Å². The quantitative estimate of drug-likeness (QED) is 0.901. The van der Waals surface area contributed by atoms with Crippen LogP contribution >= 0.6 is 0 Å². The van der Waals surface area contributed by atoms with Crippen LogP contribution in [0.3, 0.4) is 0 Å². The molecular formula is C14H15F2NO. The fourth-order valence-corrected chi connectivity index (χ4v) is 1.95. The zero-order valence-electron chi connectivity index (χ0n) is 10.3. The molecule has 1 aromatic carbocycles. The zero-order valence-corrected chi connectivity index (χ0v) is 10.3. The van der Waals surface area contributed by atoms with E-state index in [1.54, 1.807) is 7.05 Å². The van der Waals surface area contributed by atoms with Crippen LogP contribution in [0.25, 0.3) is 0 Å². The zero-order chi connectivity index (χ0) is 13.1. The minimum Gasteiger partial charge on any atom is -0.465 e. The number of benzene rings is 1. The fourth-order valence-electron chi connectivity index (χ4n) is 1.95. The molecule has 0 aliphatic heterocycles. The summed E-state index contributed by atoms with van der Waals surface area (Å²) in [6.45, 7) is 1.86. The lowest BCUT2D eigenvalue weighted by Gasteiger charge is -2.13. The largest absolute Gasteiger partial charge is 0.465 e. The van der Waals surface area contributed by atoms with Crippen molar-refractivity contribution in [3.05, 3.63) is 59.1 Å². The van der Waals surface area contributed by atoms with E-state index in [-0.39, 0.29) is 6.04 Å². The third-order valence-corrected chi connectivity index (χ3v) is 2.82. The first-order chi connectivity index (χ1) is 8.58. The second-order valence-electron chi connectivity index (χ2n) is 4.27. The van der Waals surface area contributed by atoms with E-state index in [2.05, 4.69) is 5.32 Å². The molecule has 0 aliphatic rings. The Bertz CT molecular complexity index is 516. The summed E-state index contributed by atoms with van der Waals surface area (Å²) in [5.41, 5.74) is 0.598. The van der Waals surface area contributed by atoms with Gasteiger partial charge < -0.3 is 9.73 Å². The van der Waals surface area contributed by atoms with Crippen LogP contribution in [0, 0.1) is 18.6 Å². The Morgan fingerprint density at radius 2 is 1.83 bits per heavy atom. The minimum atomic E-state index is -0.560. The van der Waals surface area contributed by atoms with Gasteiger partial charge in [-0.3, -0.25) is 0 Å². The molecule has 18 heavy (non-hydrogen) atoms. The number of halogens is 2. The molecule has 2 rings (SSSR count). The second kappa shape index (κ2) is 5.31. The van der Waals surface area contributed by atoms with E-state index >= 15 is 0 Å². The second-order valence-corrected chi connectivity index (χ2v) is 4.27. The molecule has 1 heterocycles. The van der Waals surface area contributed by atoms with Gasteiger partial charge >= 0.3 is 0 Å². The maximum absolute atomic E-state index is 13.1. The topological polar surface area (TPSA) is 25.2 Å². The van der Waals surface area contributed by atoms with Crippen molar-refractivity contribution < 1.29 is 13.2 Å². The molecule has 0 aliphatic carbocycles. The standard InChI is InChI=1S/C14H15F2NO/c1-9-3-4-14(18-9)13(17-2)7-10-5-11(15)8-12(16)6-10/h3-6,8,13,17H,7H2,1-2H3. The van der Waals surface area contributed by atoms with Crippen LogP contribution in [0.1, 0.15) is 23.1 Å². The Hall–Kier alpha value is -1.68. The summed E-state index contributed by atoms with van der Waals surface area (Å²) in [5.74, 6) is 0.460. The highest BCUT2D eigenvalue weighted by molar-refractivity contribution is 5.21. The number of nitrogens with one attached hydrogen (secondary N) is 1. The maximum atomic E-state index is 13.1. The number of hydrogen-bond acceptors (Lipinski definition) is 2. The van der Waals surface area contributed by atoms with Gasteiger partial charge in [0.15, 0.2) is 0 Å². The smallest absolute Gasteiger partial charge is 0.126 e. The molecule has 1 unspecified atom stereocenters. The summed E-state index contributed by atoms with van der Waals surface area (Å²) in [5, 5.41) is 3.08. The minimum absolute atomic E-state index is 0.0973. The first-order valence-corrected chi connectivity index (χ1v) is 5.77. The van der Waals surface area contributed by atoms with Crippen molar-refractivity contribution >= 4 is 0 Å². The Labute approximate surface area is 105 Å². The van der Waals surface area contributed by atoms with Gasteiger partial charge in [0.1, 0.15) is 23.2 Å². The van der Waals surface area contributed by atoms with Crippen molar-refractivity contribution in [3.63, 3.8) is 0 Å². The lowest BCUT2D eigenvalue weighted by Crippen LogP contribution is -2.18. The summed E-state index contributed by atoms with van der Waals surface area (Å²) >= 11 is 0. The van der Waals surface area contributed by atoms with Crippen molar-refractivity contribution in [3.8, 4) is 0 Å². The van der Waals surface area contributed by atoms with Crippen LogP contribution in [0.2, 0.25) is 0 Å². The molecule has 1 N–H and O–H groups in total. The Kier molecular flexibility index (Phi) is 3.77. The molecule has 96 valence electrons. The predicted molar refractivity (Wildman–Crippen MR) is 65.3 cm³/mol. The average molecular weight is 251 g/mol. The van der Waals surface area contributed by atoms with Crippen LogP contribution in [0.5, 0.6) is 0 Å². The van der Waals surface area contributed by atoms with Gasteiger partial charge in [-0.15, -0.1) is 0 Å². The van der Waals surface area contributed by atoms with Crippen molar-refractivity contribution in [1.82, 2.24) is 5.32 Å². The van der Waals surface area contributed by atoms with Gasteiger partial charge in [-0.2, -0.15) is 0 Å². The lowest BCUT2D eigenvalue weighted by atomic mass is 10.0. The summed E-state index contributed by atoms with van der Waals surface area (Å²) in [6.07, 6.45) is 0.470. The molecule has 0 saturated carbocycles. The van der Waals surface area contributed by atoms with E-state index in [0.717, 1.165) is 17.6 Å². The highest BCUT2D eigenvalue weighted by Gasteiger charge is 2.14. The van der Waals surface area contributed by atoms with Gasteiger partial charge in [0, 0.05) is 6.07 Å². The van der Waals surface area contributed by atoms with E-state index < -0.39 is 11.6 Å². The summed E-state index contributed by atoms with van der Waals surface area (Å²) < 4.78 is 31.7. The molecule has 0 radical (unpaired) electrons. The molecular weight excluding hydrogens is 236 g/mol. The molecule has 0 fully saturated rings. The lowest BCUT2D eigenvalue weighted by molar-refractivity contribution is 0.414. The van der Waals surface area contributed by atoms with E-state index in [9.17, 15) is 8.78 Å². The Morgan fingerprint density at radius 1 is 1.17 bits per heavy atom. The third kappa shape index (κ3) is 2.96. The Balaban J connectivity index is 2.20. The molecule has 2 aromatic rings. The summed E-state index contributed by atoms with van der Waals surface area (Å²) in [7, 11) is 1.79. The van der Waals surface area contributed by atoms with Crippen LogP contribution in [0.15, 0.2) is 34.7 Å². The van der Waals surface area contributed by atoms with E-state index in [4.69, 9.17) is 4.42 Å². The number of likely N-dealkylation sites (N-methyl/N-ethyl adjacent to an activating group) is 1. The van der Waals surface area contributed by atoms with Crippen molar-refractivity contribution in [2.75, 3.05) is 7.05 Å². The maximum Gasteiger partial charge on any atom is 0.126 e. The van der Waals surface area contributed by atoms with E-state index in [1.165, 1.54) is 12.1 Å². The normalized spacial score (nSPS) is 12.7. The highest BCUT2D eigenvalue weighted by atomic mass is 19.1. The van der Waals surface area contributed by atoms with Gasteiger partial charge in [0.05, 0.1) is 6.04 Å². The van der Waals surface area contributed by atoms with Crippen LogP contribution in [0.4, 0.5) is 8.78 Å². The molecule has 1 atom stereocenters. The van der Waals surface area contributed by atoms with Crippen LogP contribution in [-0.4, -0.2) is 7.05 Å². The molecule has 0 saturated heterocycles. The number of aryl methyl sites for hydroxylation is 1. The summed E-state index contributed by atoms with van der Waals surface area (Å²) in [4.78, 5) is 0. The average Bonchev–Trinajstić information content (AvgIpc) is 2.71. The third-order valence-electron chi connectivity index (χ3n) is 2.82. The van der Waals surface area contributed by atoms with Crippen molar-refractivity contribution in [1.29, 1.82) is 0 Å². The molecule has 4 heteroatoms. The van der Waals surface area contributed by atoms with Gasteiger partial charge in [0.2, 0.25) is 0 Å². The number of rotatable bonds is 4. The van der Waals surface area contributed by atoms with E-state index in [1.807, 2.05) is 19.1 Å². The monoisotopic (exact) mass is 251 g/mol. The van der Waals surface area contributed by atoms with Gasteiger partial charge in [-0.05, 0) is 50.2 Å². The fraction of sp³-hybridized carbons (Fsp3) is 0.286. The van der Waals surface area contributed by atoms with Crippen molar-refractivity contribution in [2.45, 2.75) is 19.4 Å². The van der Waals surface area contributed by atoms with Crippen molar-refractivity contribution in [2.24, 2.45) is 0 Å². The SMILES string of the molecule is CNC(Cc1cc(F)cc(F)c1)c1ccc(C)o1. The van der Waals surface area contributed by atoms with Gasteiger partial charge in [-0.25, -0.2) is 8.78 Å². The first kappa shape index (κ1) is 12.8. The van der Waals surface area contributed by atoms with Crippen LogP contribution in [-0.2, 0) is 6.42 Å². The number of furan rings is 1. The van der Waals surface area contributed by atoms with Gasteiger partial charge in [-0.1, -0.05) is 0 Å². The van der Waals surface area contributed by atoms with Gasteiger partial charge in [0.25, 0.3) is 0 Å². The highest BCUT2D eigenvalue weighted by Crippen LogP contribution is 2.21. The molecule has 0 bridgehead atoms. The molecule has 0 amide bonds. The first-order valence-electron chi connectivity index (χ1n) is 5.77. The van der Waals surface area contributed by atoms with E-state index in [0.29, 0.717) is 12.0 Å². The predicted octanol–water partition coefficient (Wildman–Crippen LogP) is 3.37. The summed E-state index contributed by atoms with van der Waals surface area (Å²) in [6, 6.07) is 7.18. The molecule has 2 nitrogen and oxygen atoms in total. The molecule has 1 aromatic heterocycles. The molecule has 0 spiro atoms. The number of hydrogen-bond donors (Lipinski definition) is 1. The Morgan fingerprint density at radius 3 is 2.33 bits per heavy atom.